The van der Waals surface area contributed by atoms with Crippen LogP contribution in [-0.4, -0.2) is 90.4 Å². The lowest BCUT2D eigenvalue weighted by molar-refractivity contribution is -0.138. The largest absolute Gasteiger partial charge is 0.476 e. The van der Waals surface area contributed by atoms with E-state index in [1.165, 1.54) is 23.6 Å². The molecule has 2 N–H and O–H groups in total. The molecule has 2 heterocycles. The number of carbonyl (C=O) groups is 3. The average Bonchev–Trinajstić information content (AvgIpc) is 2.88. The van der Waals surface area contributed by atoms with Crippen LogP contribution in [0.25, 0.3) is 0 Å². The fraction of sp³-hybridized carbons (Fsp3) is 0.700. The number of anilines is 1. The molecule has 0 saturated carbocycles. The molecule has 1 aromatic rings. The van der Waals surface area contributed by atoms with E-state index < -0.39 is 58.5 Å². The molecular formula is C30H45F3N4O6. The maximum absolute atomic E-state index is 14.5. The summed E-state index contributed by atoms with van der Waals surface area (Å²) in [5.41, 5.74) is 1.81. The first-order chi connectivity index (χ1) is 19.8. The molecule has 1 aromatic carbocycles. The van der Waals surface area contributed by atoms with E-state index in [4.69, 9.17) is 19.9 Å². The lowest BCUT2D eigenvalue weighted by Crippen LogP contribution is -2.58. The van der Waals surface area contributed by atoms with Gasteiger partial charge in [0, 0.05) is 45.4 Å². The number of rotatable bonds is 8. The van der Waals surface area contributed by atoms with Crippen LogP contribution in [0.4, 0.5) is 23.7 Å². The zero-order valence-electron chi connectivity index (χ0n) is 26.3. The smallest absolute Gasteiger partial charge is 0.417 e. The van der Waals surface area contributed by atoms with Crippen LogP contribution in [0, 0.1) is 0 Å². The van der Waals surface area contributed by atoms with E-state index in [1.807, 2.05) is 0 Å². The number of hydrogen-bond acceptors (Lipinski definition) is 7. The molecule has 13 heteroatoms. The molecule has 0 aromatic heterocycles. The number of halogens is 3. The van der Waals surface area contributed by atoms with Crippen LogP contribution >= 0.6 is 0 Å². The molecule has 0 bridgehead atoms. The molecule has 1 fully saturated rings. The fourth-order valence-electron chi connectivity index (χ4n) is 5.67. The van der Waals surface area contributed by atoms with Gasteiger partial charge in [0.25, 0.3) is 11.8 Å². The van der Waals surface area contributed by atoms with Crippen LogP contribution in [0.15, 0.2) is 12.1 Å². The highest BCUT2D eigenvalue weighted by molar-refractivity contribution is 6.05. The highest BCUT2D eigenvalue weighted by Crippen LogP contribution is 2.44. The van der Waals surface area contributed by atoms with Crippen LogP contribution in [0.1, 0.15) is 83.7 Å². The van der Waals surface area contributed by atoms with Crippen LogP contribution in [0.2, 0.25) is 0 Å². The first kappa shape index (κ1) is 34.4. The highest BCUT2D eigenvalue weighted by atomic mass is 19.4. The second kappa shape index (κ2) is 12.9. The average molecular weight is 615 g/mol. The lowest BCUT2D eigenvalue weighted by atomic mass is 9.93. The van der Waals surface area contributed by atoms with Gasteiger partial charge in [-0.3, -0.25) is 9.59 Å². The topological polar surface area (TPSA) is 115 Å². The fourth-order valence-corrected chi connectivity index (χ4v) is 5.67. The molecule has 0 aliphatic carbocycles. The Morgan fingerprint density at radius 1 is 1.19 bits per heavy atom. The van der Waals surface area contributed by atoms with Crippen LogP contribution < -0.4 is 15.4 Å². The van der Waals surface area contributed by atoms with Gasteiger partial charge in [0.15, 0.2) is 5.60 Å². The van der Waals surface area contributed by atoms with E-state index in [0.29, 0.717) is 25.9 Å². The normalized spacial score (nSPS) is 20.5. The molecule has 2 aliphatic heterocycles. The van der Waals surface area contributed by atoms with E-state index in [9.17, 15) is 27.6 Å². The van der Waals surface area contributed by atoms with Gasteiger partial charge in [-0.25, -0.2) is 4.79 Å². The Balaban J connectivity index is 2.08. The quantitative estimate of drug-likeness (QED) is 0.447. The summed E-state index contributed by atoms with van der Waals surface area (Å²) in [6.45, 7) is 12.2. The summed E-state index contributed by atoms with van der Waals surface area (Å²) in [6, 6.07) is 0.540. The molecule has 3 rings (SSSR count). The maximum atomic E-state index is 14.5. The van der Waals surface area contributed by atoms with E-state index in [1.54, 1.807) is 46.6 Å². The van der Waals surface area contributed by atoms with Crippen molar-refractivity contribution in [3.05, 3.63) is 23.3 Å². The molecule has 3 amide bonds. The van der Waals surface area contributed by atoms with Crippen molar-refractivity contribution >= 4 is 23.6 Å². The van der Waals surface area contributed by atoms with Crippen molar-refractivity contribution < 1.29 is 41.8 Å². The minimum Gasteiger partial charge on any atom is -0.476 e. The Hall–Kier alpha value is -3.06. The van der Waals surface area contributed by atoms with Crippen LogP contribution in [0.5, 0.6) is 5.75 Å². The number of ether oxygens (including phenoxy) is 3. The summed E-state index contributed by atoms with van der Waals surface area (Å²) in [6.07, 6.45) is -3.95. The number of alkyl halides is 3. The number of piperidine rings is 1. The standard InChI is InChI=1S/C30H45F3N4O6/c1-18(2)37(20-10-9-19(11-14-41-8)36(17-20)27(40)43-28(3,4)5)25(38)21-15-23-24(16-22(21)30(31,32)33)42-29(6,7)26(39)35(23)13-12-34/h15-16,18-20H,9-14,17,34H2,1-8H3/t19-,20-/m1/s1. The molecular weight excluding hydrogens is 569 g/mol. The number of amides is 3. The number of fused-ring (bicyclic) bond motifs is 1. The van der Waals surface area contributed by atoms with Crippen molar-refractivity contribution in [2.75, 3.05) is 38.3 Å². The summed E-state index contributed by atoms with van der Waals surface area (Å²) in [7, 11) is 1.56. The monoisotopic (exact) mass is 614 g/mol. The van der Waals surface area contributed by atoms with Crippen molar-refractivity contribution in [1.82, 2.24) is 9.80 Å². The number of carbonyl (C=O) groups excluding carboxylic acids is 3. The van der Waals surface area contributed by atoms with Gasteiger partial charge in [-0.2, -0.15) is 13.2 Å². The van der Waals surface area contributed by atoms with Crippen molar-refractivity contribution in [3.8, 4) is 5.75 Å². The summed E-state index contributed by atoms with van der Waals surface area (Å²) < 4.78 is 60.0. The van der Waals surface area contributed by atoms with Gasteiger partial charge in [-0.1, -0.05) is 0 Å². The number of nitrogens with zero attached hydrogens (tertiary/aromatic N) is 3. The third kappa shape index (κ3) is 7.72. The summed E-state index contributed by atoms with van der Waals surface area (Å²) in [5, 5.41) is 0. The van der Waals surface area contributed by atoms with Gasteiger partial charge >= 0.3 is 12.3 Å². The van der Waals surface area contributed by atoms with Crippen molar-refractivity contribution in [2.45, 2.75) is 103 Å². The van der Waals surface area contributed by atoms with Gasteiger partial charge in [0.05, 0.1) is 22.9 Å². The lowest BCUT2D eigenvalue weighted by Gasteiger charge is -2.45. The Kier molecular flexibility index (Phi) is 10.3. The maximum Gasteiger partial charge on any atom is 0.417 e. The van der Waals surface area contributed by atoms with Crippen molar-refractivity contribution in [2.24, 2.45) is 5.73 Å². The third-order valence-electron chi connectivity index (χ3n) is 7.55. The van der Waals surface area contributed by atoms with Crippen molar-refractivity contribution in [3.63, 3.8) is 0 Å². The van der Waals surface area contributed by atoms with Gasteiger partial charge < -0.3 is 34.6 Å². The van der Waals surface area contributed by atoms with E-state index in [0.717, 1.165) is 12.1 Å². The number of methoxy groups -OCH3 is 1. The van der Waals surface area contributed by atoms with E-state index >= 15 is 0 Å². The Morgan fingerprint density at radius 2 is 1.84 bits per heavy atom. The zero-order chi connectivity index (χ0) is 32.5. The van der Waals surface area contributed by atoms with Crippen LogP contribution in [-0.2, 0) is 20.4 Å². The Morgan fingerprint density at radius 3 is 2.37 bits per heavy atom. The molecule has 0 unspecified atom stereocenters. The molecule has 10 nitrogen and oxygen atoms in total. The number of hydrogen-bond donors (Lipinski definition) is 1. The van der Waals surface area contributed by atoms with Gasteiger partial charge in [-0.05, 0) is 79.9 Å². The van der Waals surface area contributed by atoms with E-state index in [-0.39, 0.29) is 37.1 Å². The van der Waals surface area contributed by atoms with Crippen LogP contribution in [0.3, 0.4) is 0 Å². The first-order valence-corrected chi connectivity index (χ1v) is 14.6. The van der Waals surface area contributed by atoms with Gasteiger partial charge in [0.2, 0.25) is 0 Å². The molecule has 242 valence electrons. The molecule has 0 radical (unpaired) electrons. The molecule has 43 heavy (non-hydrogen) atoms. The van der Waals surface area contributed by atoms with Gasteiger partial charge in [-0.15, -0.1) is 0 Å². The minimum atomic E-state index is -4.89. The SMILES string of the molecule is COCC[C@H]1CC[C@@H](N(C(=O)c2cc3c(cc2C(F)(F)F)OC(C)(C)C(=O)N3CCN)C(C)C)CN1C(=O)OC(C)(C)C. The second-order valence-electron chi connectivity index (χ2n) is 12.8. The Bertz CT molecular complexity index is 1200. The predicted octanol–water partition coefficient (Wildman–Crippen LogP) is 4.82. The second-order valence-corrected chi connectivity index (χ2v) is 12.8. The molecule has 2 atom stereocenters. The summed E-state index contributed by atoms with van der Waals surface area (Å²) in [4.78, 5) is 44.7. The predicted molar refractivity (Wildman–Crippen MR) is 155 cm³/mol. The van der Waals surface area contributed by atoms with E-state index in [2.05, 4.69) is 0 Å². The van der Waals surface area contributed by atoms with Crippen molar-refractivity contribution in [1.29, 1.82) is 0 Å². The summed E-state index contributed by atoms with van der Waals surface area (Å²) in [5.74, 6) is -1.50. The van der Waals surface area contributed by atoms with Gasteiger partial charge in [0.1, 0.15) is 11.4 Å². The molecule has 0 spiro atoms. The molecule has 2 aliphatic rings. The zero-order valence-corrected chi connectivity index (χ0v) is 26.3. The summed E-state index contributed by atoms with van der Waals surface area (Å²) >= 11 is 0. The highest BCUT2D eigenvalue weighted by Gasteiger charge is 2.46. The third-order valence-corrected chi connectivity index (χ3v) is 7.55. The number of likely N-dealkylation sites (tertiary alicyclic amines) is 1. The number of benzene rings is 1. The minimum absolute atomic E-state index is 0.0296. The molecule has 1 saturated heterocycles. The first-order valence-electron chi connectivity index (χ1n) is 14.6. The Labute approximate surface area is 251 Å². The number of nitrogens with two attached hydrogens (primary N) is 1.